The van der Waals surface area contributed by atoms with Crippen molar-refractivity contribution in [3.63, 3.8) is 0 Å². The maximum absolute atomic E-state index is 3.42. The van der Waals surface area contributed by atoms with Crippen molar-refractivity contribution in [3.8, 4) is 0 Å². The quantitative estimate of drug-likeness (QED) is 0.675. The summed E-state index contributed by atoms with van der Waals surface area (Å²) in [5, 5.41) is 7.88. The highest BCUT2D eigenvalue weighted by Gasteiger charge is 2.16. The van der Waals surface area contributed by atoms with Crippen LogP contribution in [-0.2, 0) is 0 Å². The Hall–Kier alpha value is -2.26. The molecule has 3 nitrogen and oxygen atoms in total. The molecule has 0 fully saturated rings. The number of fused-ring (bicyclic) bond motifs is 1. The maximum Gasteiger partial charge on any atom is 0.0596 e. The Labute approximate surface area is 119 Å². The molecule has 0 aliphatic rings. The van der Waals surface area contributed by atoms with Crippen LogP contribution in [-0.4, -0.2) is 19.1 Å². The molecule has 0 saturated carbocycles. The molecular formula is C17H19N3. The van der Waals surface area contributed by atoms with Gasteiger partial charge in [-0.05, 0) is 36.4 Å². The van der Waals surface area contributed by atoms with Crippen LogP contribution in [0.5, 0.6) is 0 Å². The SMILES string of the molecule is CNc1cccc(C(NC)c2c[nH]c3ccccc23)c1. The van der Waals surface area contributed by atoms with E-state index in [0.29, 0.717) is 0 Å². The Morgan fingerprint density at radius 3 is 2.65 bits per heavy atom. The van der Waals surface area contributed by atoms with Crippen LogP contribution in [0.3, 0.4) is 0 Å². The Kier molecular flexibility index (Phi) is 3.44. The first-order valence-corrected chi connectivity index (χ1v) is 6.84. The van der Waals surface area contributed by atoms with Crippen LogP contribution in [0.4, 0.5) is 5.69 Å². The molecule has 0 aliphatic heterocycles. The molecule has 102 valence electrons. The van der Waals surface area contributed by atoms with Gasteiger partial charge in [-0.2, -0.15) is 0 Å². The minimum absolute atomic E-state index is 0.180. The van der Waals surface area contributed by atoms with Gasteiger partial charge in [0.05, 0.1) is 6.04 Å². The van der Waals surface area contributed by atoms with Crippen molar-refractivity contribution < 1.29 is 0 Å². The molecule has 3 heteroatoms. The van der Waals surface area contributed by atoms with Gasteiger partial charge >= 0.3 is 0 Å². The summed E-state index contributed by atoms with van der Waals surface area (Å²) in [5.74, 6) is 0. The first-order chi connectivity index (χ1) is 9.83. The van der Waals surface area contributed by atoms with Crippen LogP contribution >= 0.6 is 0 Å². The van der Waals surface area contributed by atoms with Gasteiger partial charge in [-0.15, -0.1) is 0 Å². The summed E-state index contributed by atoms with van der Waals surface area (Å²) in [7, 11) is 3.94. The molecule has 0 amide bonds. The average Bonchev–Trinajstić information content (AvgIpc) is 2.93. The summed E-state index contributed by atoms with van der Waals surface area (Å²) >= 11 is 0. The Morgan fingerprint density at radius 1 is 1.00 bits per heavy atom. The highest BCUT2D eigenvalue weighted by molar-refractivity contribution is 5.84. The van der Waals surface area contributed by atoms with Crippen molar-refractivity contribution >= 4 is 16.6 Å². The molecule has 2 aromatic carbocycles. The molecule has 0 aliphatic carbocycles. The molecule has 0 bridgehead atoms. The minimum Gasteiger partial charge on any atom is -0.388 e. The molecule has 0 spiro atoms. The topological polar surface area (TPSA) is 39.8 Å². The van der Waals surface area contributed by atoms with Gasteiger partial charge < -0.3 is 15.6 Å². The predicted molar refractivity (Wildman–Crippen MR) is 85.2 cm³/mol. The van der Waals surface area contributed by atoms with E-state index in [9.17, 15) is 0 Å². The molecule has 20 heavy (non-hydrogen) atoms. The summed E-state index contributed by atoms with van der Waals surface area (Å²) < 4.78 is 0. The van der Waals surface area contributed by atoms with E-state index in [0.717, 1.165) is 5.69 Å². The lowest BCUT2D eigenvalue weighted by molar-refractivity contribution is 0.697. The number of nitrogens with one attached hydrogen (secondary N) is 3. The van der Waals surface area contributed by atoms with E-state index in [1.807, 2.05) is 14.1 Å². The molecule has 1 heterocycles. The van der Waals surface area contributed by atoms with Gasteiger partial charge in [0.15, 0.2) is 0 Å². The summed E-state index contributed by atoms with van der Waals surface area (Å²) in [4.78, 5) is 3.35. The summed E-state index contributed by atoms with van der Waals surface area (Å²) in [6.07, 6.45) is 2.10. The lowest BCUT2D eigenvalue weighted by atomic mass is 9.98. The van der Waals surface area contributed by atoms with Crippen LogP contribution < -0.4 is 10.6 Å². The Morgan fingerprint density at radius 2 is 1.85 bits per heavy atom. The first-order valence-electron chi connectivity index (χ1n) is 6.84. The second-order valence-electron chi connectivity index (χ2n) is 4.89. The Bertz CT molecular complexity index is 715. The molecule has 3 aromatic rings. The molecule has 0 saturated heterocycles. The third kappa shape index (κ3) is 2.17. The number of anilines is 1. The molecule has 0 radical (unpaired) electrons. The van der Waals surface area contributed by atoms with E-state index < -0.39 is 0 Å². The molecule has 3 rings (SSSR count). The molecule has 1 unspecified atom stereocenters. The molecule has 1 atom stereocenters. The summed E-state index contributed by atoms with van der Waals surface area (Å²) in [6, 6.07) is 17.1. The monoisotopic (exact) mass is 265 g/mol. The zero-order valence-corrected chi connectivity index (χ0v) is 11.8. The zero-order chi connectivity index (χ0) is 13.9. The van der Waals surface area contributed by atoms with Crippen molar-refractivity contribution in [1.82, 2.24) is 10.3 Å². The molecular weight excluding hydrogens is 246 g/mol. The van der Waals surface area contributed by atoms with Crippen LogP contribution in [0.25, 0.3) is 10.9 Å². The van der Waals surface area contributed by atoms with E-state index in [2.05, 4.69) is 70.3 Å². The normalized spacial score (nSPS) is 12.5. The van der Waals surface area contributed by atoms with Gasteiger partial charge in [-0.3, -0.25) is 0 Å². The smallest absolute Gasteiger partial charge is 0.0596 e. The van der Waals surface area contributed by atoms with Gasteiger partial charge in [0.25, 0.3) is 0 Å². The fraction of sp³-hybridized carbons (Fsp3) is 0.176. The van der Waals surface area contributed by atoms with Crippen molar-refractivity contribution in [2.45, 2.75) is 6.04 Å². The number of H-pyrrole nitrogens is 1. The van der Waals surface area contributed by atoms with Gasteiger partial charge in [-0.25, -0.2) is 0 Å². The lowest BCUT2D eigenvalue weighted by Crippen LogP contribution is -2.17. The van der Waals surface area contributed by atoms with Crippen molar-refractivity contribution in [2.75, 3.05) is 19.4 Å². The van der Waals surface area contributed by atoms with Crippen molar-refractivity contribution in [2.24, 2.45) is 0 Å². The van der Waals surface area contributed by atoms with Gasteiger partial charge in [0.2, 0.25) is 0 Å². The average molecular weight is 265 g/mol. The second kappa shape index (κ2) is 5.39. The Balaban J connectivity index is 2.09. The number of benzene rings is 2. The maximum atomic E-state index is 3.42. The number of aromatic nitrogens is 1. The lowest BCUT2D eigenvalue weighted by Gasteiger charge is -2.17. The standard InChI is InChI=1S/C17H19N3/c1-18-13-7-5-6-12(10-13)17(19-2)15-11-20-16-9-4-3-8-14(15)16/h3-11,17-20H,1-2H3. The molecule has 1 aromatic heterocycles. The van der Waals surface area contributed by atoms with Crippen LogP contribution in [0.2, 0.25) is 0 Å². The highest BCUT2D eigenvalue weighted by atomic mass is 14.9. The fourth-order valence-electron chi connectivity index (χ4n) is 2.71. The van der Waals surface area contributed by atoms with Crippen LogP contribution in [0.15, 0.2) is 54.7 Å². The zero-order valence-electron chi connectivity index (χ0n) is 11.8. The summed E-state index contributed by atoms with van der Waals surface area (Å²) in [5.41, 5.74) is 4.83. The summed E-state index contributed by atoms with van der Waals surface area (Å²) in [6.45, 7) is 0. The van der Waals surface area contributed by atoms with E-state index in [1.54, 1.807) is 0 Å². The number of aromatic amines is 1. The van der Waals surface area contributed by atoms with Gasteiger partial charge in [0, 0.05) is 29.8 Å². The first kappa shape index (κ1) is 12.8. The third-order valence-corrected chi connectivity index (χ3v) is 3.73. The fourth-order valence-corrected chi connectivity index (χ4v) is 2.71. The minimum atomic E-state index is 0.180. The molecule has 3 N–H and O–H groups in total. The van der Waals surface area contributed by atoms with E-state index in [1.165, 1.54) is 22.0 Å². The van der Waals surface area contributed by atoms with E-state index in [-0.39, 0.29) is 6.04 Å². The number of hydrogen-bond acceptors (Lipinski definition) is 2. The van der Waals surface area contributed by atoms with Gasteiger partial charge in [0.1, 0.15) is 0 Å². The second-order valence-corrected chi connectivity index (χ2v) is 4.89. The largest absolute Gasteiger partial charge is 0.388 e. The number of para-hydroxylation sites is 1. The van der Waals surface area contributed by atoms with Crippen molar-refractivity contribution in [1.29, 1.82) is 0 Å². The number of rotatable bonds is 4. The van der Waals surface area contributed by atoms with E-state index >= 15 is 0 Å². The van der Waals surface area contributed by atoms with Crippen LogP contribution in [0.1, 0.15) is 17.2 Å². The van der Waals surface area contributed by atoms with E-state index in [4.69, 9.17) is 0 Å². The third-order valence-electron chi connectivity index (χ3n) is 3.73. The highest BCUT2D eigenvalue weighted by Crippen LogP contribution is 2.29. The van der Waals surface area contributed by atoms with Gasteiger partial charge in [-0.1, -0.05) is 30.3 Å². The van der Waals surface area contributed by atoms with Crippen LogP contribution in [0, 0.1) is 0 Å². The number of hydrogen-bond donors (Lipinski definition) is 3. The van der Waals surface area contributed by atoms with Crippen molar-refractivity contribution in [3.05, 3.63) is 65.9 Å². The predicted octanol–water partition coefficient (Wildman–Crippen LogP) is 3.52.